The SMILES string of the molecule is Cc1c(-c2cc3cc(NC(=O)OC4C5CN(C6COC6)CC54)ncc3c(N)c2F)cnc2c1NCCO2. The van der Waals surface area contributed by atoms with Crippen LogP contribution in [-0.2, 0) is 9.47 Å². The number of benzene rings is 1. The summed E-state index contributed by atoms with van der Waals surface area (Å²) in [5.41, 5.74) is 8.64. The van der Waals surface area contributed by atoms with Gasteiger partial charge in [0, 0.05) is 60.4 Å². The highest BCUT2D eigenvalue weighted by atomic mass is 19.1. The number of hydrogen-bond acceptors (Lipinski definition) is 9. The third-order valence-electron chi connectivity index (χ3n) is 7.99. The van der Waals surface area contributed by atoms with E-state index in [0.717, 1.165) is 37.6 Å². The second kappa shape index (κ2) is 8.42. The number of nitrogen functional groups attached to an aromatic ring is 1. The molecular formula is C26H27FN6O4. The van der Waals surface area contributed by atoms with Gasteiger partial charge in [0.05, 0.1) is 24.9 Å². The molecule has 1 aromatic carbocycles. The lowest BCUT2D eigenvalue weighted by atomic mass is 9.97. The number of amides is 1. The van der Waals surface area contributed by atoms with E-state index < -0.39 is 11.9 Å². The van der Waals surface area contributed by atoms with E-state index >= 15 is 4.39 Å². The van der Waals surface area contributed by atoms with E-state index in [2.05, 4.69) is 25.5 Å². The van der Waals surface area contributed by atoms with E-state index in [1.54, 1.807) is 18.3 Å². The van der Waals surface area contributed by atoms with Gasteiger partial charge in [-0.15, -0.1) is 0 Å². The Morgan fingerprint density at radius 2 is 2.03 bits per heavy atom. The van der Waals surface area contributed by atoms with E-state index in [-0.39, 0.29) is 11.8 Å². The van der Waals surface area contributed by atoms with Crippen LogP contribution in [0.25, 0.3) is 21.9 Å². The van der Waals surface area contributed by atoms with Gasteiger partial charge in [0.25, 0.3) is 0 Å². The molecule has 2 atom stereocenters. The highest BCUT2D eigenvalue weighted by molar-refractivity contribution is 5.99. The summed E-state index contributed by atoms with van der Waals surface area (Å²) in [6, 6.07) is 3.88. The molecule has 2 unspecified atom stereocenters. The normalized spacial score (nSPS) is 24.4. The Kier molecular flexibility index (Phi) is 5.12. The van der Waals surface area contributed by atoms with Gasteiger partial charge in [0.2, 0.25) is 5.88 Å². The van der Waals surface area contributed by atoms with Crippen LogP contribution in [0.15, 0.2) is 24.5 Å². The quantitative estimate of drug-likeness (QED) is 0.458. The molecule has 4 aliphatic rings. The summed E-state index contributed by atoms with van der Waals surface area (Å²) in [6.45, 7) is 6.53. The Balaban J connectivity index is 1.10. The fraction of sp³-hybridized carbons (Fsp3) is 0.423. The first kappa shape index (κ1) is 22.5. The van der Waals surface area contributed by atoms with E-state index in [1.165, 1.54) is 6.20 Å². The summed E-state index contributed by atoms with van der Waals surface area (Å²) in [5, 5.41) is 7.09. The van der Waals surface area contributed by atoms with E-state index in [4.69, 9.17) is 19.9 Å². The highest BCUT2D eigenvalue weighted by Gasteiger charge is 2.59. The zero-order chi connectivity index (χ0) is 25.3. The molecule has 3 aliphatic heterocycles. The number of pyridine rings is 2. The maximum Gasteiger partial charge on any atom is 0.413 e. The number of fused-ring (bicyclic) bond motifs is 3. The molecule has 5 heterocycles. The predicted octanol–water partition coefficient (Wildman–Crippen LogP) is 3.01. The second-order valence-electron chi connectivity index (χ2n) is 10.2. The molecule has 192 valence electrons. The van der Waals surface area contributed by atoms with Crippen LogP contribution in [0.2, 0.25) is 0 Å². The number of carbonyl (C=O) groups excluding carboxylic acids is 1. The van der Waals surface area contributed by atoms with Gasteiger partial charge in [-0.3, -0.25) is 10.2 Å². The van der Waals surface area contributed by atoms with Crippen molar-refractivity contribution in [3.63, 3.8) is 0 Å². The number of hydrogen-bond donors (Lipinski definition) is 3. The van der Waals surface area contributed by atoms with Gasteiger partial charge in [0.1, 0.15) is 24.2 Å². The van der Waals surface area contributed by atoms with Crippen molar-refractivity contribution < 1.29 is 23.4 Å². The minimum absolute atomic E-state index is 0.0114. The predicted molar refractivity (Wildman–Crippen MR) is 135 cm³/mol. The zero-order valence-electron chi connectivity index (χ0n) is 20.3. The van der Waals surface area contributed by atoms with Gasteiger partial charge in [-0.2, -0.15) is 0 Å². The Bertz CT molecular complexity index is 1420. The van der Waals surface area contributed by atoms with Crippen LogP contribution in [0.3, 0.4) is 0 Å². The molecule has 2 saturated heterocycles. The Morgan fingerprint density at radius 1 is 1.22 bits per heavy atom. The standard InChI is InChI=1S/C26H27FN6O4/c1-12-16(6-31-25-23(12)29-2-3-36-25)15-4-13-5-20(30-7-17(13)22(28)21(15)27)32-26(34)37-24-18-8-33(9-19(18)24)14-10-35-11-14/h4-7,14,18-19,24,29H,2-3,8-11,28H2,1H3,(H,30,32,34). The van der Waals surface area contributed by atoms with Crippen LogP contribution in [-0.4, -0.2) is 72.6 Å². The molecule has 1 saturated carbocycles. The molecule has 10 nitrogen and oxygen atoms in total. The molecule has 37 heavy (non-hydrogen) atoms. The number of nitrogens with one attached hydrogen (secondary N) is 2. The summed E-state index contributed by atoms with van der Waals surface area (Å²) in [5.74, 6) is 1.03. The Labute approximate surface area is 212 Å². The first-order valence-corrected chi connectivity index (χ1v) is 12.5. The molecule has 0 bridgehead atoms. The molecule has 3 fully saturated rings. The highest BCUT2D eigenvalue weighted by Crippen LogP contribution is 2.49. The van der Waals surface area contributed by atoms with Crippen LogP contribution in [0.1, 0.15) is 5.56 Å². The van der Waals surface area contributed by atoms with Crippen LogP contribution in [0.4, 0.5) is 26.4 Å². The molecule has 11 heteroatoms. The number of piperidine rings is 1. The lowest BCUT2D eigenvalue weighted by molar-refractivity contribution is -0.0636. The first-order chi connectivity index (χ1) is 18.0. The van der Waals surface area contributed by atoms with Crippen LogP contribution < -0.4 is 21.1 Å². The maximum absolute atomic E-state index is 15.4. The van der Waals surface area contributed by atoms with Gasteiger partial charge >= 0.3 is 6.09 Å². The molecular weight excluding hydrogens is 479 g/mol. The Hall–Kier alpha value is -3.70. The monoisotopic (exact) mass is 506 g/mol. The number of ether oxygens (including phenoxy) is 3. The van der Waals surface area contributed by atoms with Gasteiger partial charge in [-0.1, -0.05) is 0 Å². The van der Waals surface area contributed by atoms with Crippen LogP contribution in [0, 0.1) is 24.6 Å². The first-order valence-electron chi connectivity index (χ1n) is 12.5. The number of aromatic nitrogens is 2. The average Bonchev–Trinajstić information content (AvgIpc) is 3.28. The van der Waals surface area contributed by atoms with E-state index in [1.807, 2.05) is 6.92 Å². The zero-order valence-corrected chi connectivity index (χ0v) is 20.3. The van der Waals surface area contributed by atoms with Crippen molar-refractivity contribution in [3.8, 4) is 17.0 Å². The number of nitrogens with zero attached hydrogens (tertiary/aromatic N) is 3. The van der Waals surface area contributed by atoms with E-state index in [0.29, 0.717) is 64.6 Å². The molecule has 7 rings (SSSR count). The summed E-state index contributed by atoms with van der Waals surface area (Å²) in [6.07, 6.45) is 2.45. The van der Waals surface area contributed by atoms with Crippen molar-refractivity contribution in [2.24, 2.45) is 11.8 Å². The number of carbonyl (C=O) groups is 1. The molecule has 1 amide bonds. The summed E-state index contributed by atoms with van der Waals surface area (Å²) in [7, 11) is 0. The molecule has 0 spiro atoms. The molecule has 0 radical (unpaired) electrons. The number of halogens is 1. The summed E-state index contributed by atoms with van der Waals surface area (Å²) < 4.78 is 31.9. The third kappa shape index (κ3) is 3.72. The van der Waals surface area contributed by atoms with Gasteiger partial charge in [-0.05, 0) is 30.0 Å². The van der Waals surface area contributed by atoms with Crippen molar-refractivity contribution in [3.05, 3.63) is 35.9 Å². The molecule has 2 aromatic heterocycles. The summed E-state index contributed by atoms with van der Waals surface area (Å²) >= 11 is 0. The number of nitrogens with two attached hydrogens (primary N) is 1. The van der Waals surface area contributed by atoms with Gasteiger partial charge in [0.15, 0.2) is 5.82 Å². The summed E-state index contributed by atoms with van der Waals surface area (Å²) in [4.78, 5) is 23.6. The minimum atomic E-state index is -0.543. The van der Waals surface area contributed by atoms with Crippen molar-refractivity contribution in [2.45, 2.75) is 19.1 Å². The van der Waals surface area contributed by atoms with Crippen LogP contribution in [0.5, 0.6) is 5.88 Å². The van der Waals surface area contributed by atoms with E-state index in [9.17, 15) is 4.79 Å². The third-order valence-corrected chi connectivity index (χ3v) is 7.99. The lowest BCUT2D eigenvalue weighted by Crippen LogP contribution is -2.49. The largest absolute Gasteiger partial charge is 0.474 e. The molecule has 4 N–H and O–H groups in total. The average molecular weight is 507 g/mol. The lowest BCUT2D eigenvalue weighted by Gasteiger charge is -2.35. The van der Waals surface area contributed by atoms with Crippen molar-refractivity contribution >= 4 is 34.1 Å². The Morgan fingerprint density at radius 3 is 2.78 bits per heavy atom. The molecule has 1 aliphatic carbocycles. The number of likely N-dealkylation sites (tertiary alicyclic amines) is 1. The fourth-order valence-electron chi connectivity index (χ4n) is 5.72. The maximum atomic E-state index is 15.4. The number of anilines is 3. The smallest absolute Gasteiger partial charge is 0.413 e. The molecule has 3 aromatic rings. The topological polar surface area (TPSA) is 124 Å². The second-order valence-corrected chi connectivity index (χ2v) is 10.2. The van der Waals surface area contributed by atoms with Crippen molar-refractivity contribution in [2.75, 3.05) is 55.8 Å². The van der Waals surface area contributed by atoms with Crippen LogP contribution >= 0.6 is 0 Å². The minimum Gasteiger partial charge on any atom is -0.474 e. The van der Waals surface area contributed by atoms with Gasteiger partial charge < -0.3 is 25.3 Å². The van der Waals surface area contributed by atoms with Crippen molar-refractivity contribution in [1.29, 1.82) is 0 Å². The van der Waals surface area contributed by atoms with Crippen molar-refractivity contribution in [1.82, 2.24) is 14.9 Å². The fourth-order valence-corrected chi connectivity index (χ4v) is 5.72. The number of rotatable bonds is 4. The van der Waals surface area contributed by atoms with Gasteiger partial charge in [-0.25, -0.2) is 19.2 Å².